The van der Waals surface area contributed by atoms with Crippen molar-refractivity contribution >= 4 is 5.69 Å². The van der Waals surface area contributed by atoms with Gasteiger partial charge in [-0.2, -0.15) is 0 Å². The predicted molar refractivity (Wildman–Crippen MR) is 59.3 cm³/mol. The van der Waals surface area contributed by atoms with Gasteiger partial charge in [-0.3, -0.25) is 0 Å². The summed E-state index contributed by atoms with van der Waals surface area (Å²) in [6.45, 7) is 8.78. The lowest BCUT2D eigenvalue weighted by Gasteiger charge is -2.34. The van der Waals surface area contributed by atoms with E-state index in [1.165, 1.54) is 11.3 Å². The molecule has 0 saturated carbocycles. The second kappa shape index (κ2) is 3.41. The summed E-state index contributed by atoms with van der Waals surface area (Å²) in [5, 5.41) is 0. The fourth-order valence-electron chi connectivity index (χ4n) is 1.22. The topological polar surface area (TPSA) is 3.24 Å². The molecule has 0 aliphatic carbocycles. The summed E-state index contributed by atoms with van der Waals surface area (Å²) >= 11 is 0. The summed E-state index contributed by atoms with van der Waals surface area (Å²) < 4.78 is 0. The molecule has 0 heterocycles. The predicted octanol–water partition coefficient (Wildman–Crippen LogP) is 3.23. The van der Waals surface area contributed by atoms with Crippen molar-refractivity contribution in [3.63, 3.8) is 0 Å². The van der Waals surface area contributed by atoms with Gasteiger partial charge in [0, 0.05) is 18.3 Å². The van der Waals surface area contributed by atoms with Crippen LogP contribution in [-0.4, -0.2) is 12.6 Å². The fourth-order valence-corrected chi connectivity index (χ4v) is 1.22. The van der Waals surface area contributed by atoms with Crippen molar-refractivity contribution in [1.29, 1.82) is 0 Å². The Balaban J connectivity index is 2.96. The molecule has 0 spiro atoms. The number of anilines is 1. The van der Waals surface area contributed by atoms with Crippen LogP contribution in [0.5, 0.6) is 0 Å². The first kappa shape index (κ1) is 10.1. The monoisotopic (exact) mass is 177 g/mol. The van der Waals surface area contributed by atoms with Gasteiger partial charge in [-0.05, 0) is 45.4 Å². The van der Waals surface area contributed by atoms with Gasteiger partial charge in [0.15, 0.2) is 0 Å². The van der Waals surface area contributed by atoms with Crippen LogP contribution in [-0.2, 0) is 0 Å². The normalized spacial score (nSPS) is 11.5. The maximum Gasteiger partial charge on any atom is 0.0370 e. The molecule has 0 atom stereocenters. The lowest BCUT2D eigenvalue weighted by molar-refractivity contribution is 0.538. The molecule has 0 radical (unpaired) electrons. The van der Waals surface area contributed by atoms with Crippen molar-refractivity contribution in [2.75, 3.05) is 11.9 Å². The minimum absolute atomic E-state index is 0.188. The van der Waals surface area contributed by atoms with Crippen LogP contribution >= 0.6 is 0 Å². The van der Waals surface area contributed by atoms with Gasteiger partial charge in [0.25, 0.3) is 0 Å². The Morgan fingerprint density at radius 3 is 2.23 bits per heavy atom. The largest absolute Gasteiger partial charge is 0.370 e. The fraction of sp³-hybridized carbons (Fsp3) is 0.500. The number of hydrogen-bond donors (Lipinski definition) is 0. The lowest BCUT2D eigenvalue weighted by Crippen LogP contribution is -2.37. The van der Waals surface area contributed by atoms with Crippen molar-refractivity contribution in [3.8, 4) is 0 Å². The van der Waals surface area contributed by atoms with Crippen LogP contribution in [0.1, 0.15) is 26.3 Å². The van der Waals surface area contributed by atoms with Crippen LogP contribution < -0.4 is 4.90 Å². The molecule has 1 rings (SSSR count). The number of rotatable bonds is 1. The zero-order chi connectivity index (χ0) is 10.1. The molecule has 1 nitrogen and oxygen atoms in total. The summed E-state index contributed by atoms with van der Waals surface area (Å²) in [6.07, 6.45) is 0. The van der Waals surface area contributed by atoms with E-state index in [-0.39, 0.29) is 5.54 Å². The summed E-state index contributed by atoms with van der Waals surface area (Å²) in [4.78, 5) is 2.29. The van der Waals surface area contributed by atoms with Crippen LogP contribution in [0.3, 0.4) is 0 Å². The molecule has 1 aromatic rings. The third kappa shape index (κ3) is 2.48. The van der Waals surface area contributed by atoms with Gasteiger partial charge in [-0.15, -0.1) is 0 Å². The molecule has 0 amide bonds. The van der Waals surface area contributed by atoms with E-state index in [9.17, 15) is 0 Å². The van der Waals surface area contributed by atoms with Crippen LogP contribution in [0.15, 0.2) is 24.3 Å². The van der Waals surface area contributed by atoms with Gasteiger partial charge >= 0.3 is 0 Å². The number of aryl methyl sites for hydroxylation is 1. The van der Waals surface area contributed by atoms with Crippen LogP contribution in [0.2, 0.25) is 0 Å². The van der Waals surface area contributed by atoms with E-state index < -0.39 is 0 Å². The third-order valence-electron chi connectivity index (χ3n) is 2.40. The van der Waals surface area contributed by atoms with Crippen molar-refractivity contribution in [2.24, 2.45) is 0 Å². The highest BCUT2D eigenvalue weighted by Gasteiger charge is 2.16. The average Bonchev–Trinajstić information content (AvgIpc) is 2.01. The van der Waals surface area contributed by atoms with Gasteiger partial charge in [-0.1, -0.05) is 12.1 Å². The van der Waals surface area contributed by atoms with Crippen LogP contribution in [0, 0.1) is 6.92 Å². The summed E-state index contributed by atoms with van der Waals surface area (Å²) in [6, 6.07) is 8.59. The molecule has 0 unspecified atom stereocenters. The molecule has 13 heavy (non-hydrogen) atoms. The van der Waals surface area contributed by atoms with Gasteiger partial charge in [0.05, 0.1) is 0 Å². The van der Waals surface area contributed by atoms with E-state index in [4.69, 9.17) is 0 Å². The highest BCUT2D eigenvalue weighted by atomic mass is 15.2. The average molecular weight is 177 g/mol. The zero-order valence-corrected chi connectivity index (χ0v) is 9.26. The molecule has 1 aromatic carbocycles. The minimum atomic E-state index is 0.188. The van der Waals surface area contributed by atoms with Gasteiger partial charge in [-0.25, -0.2) is 0 Å². The third-order valence-corrected chi connectivity index (χ3v) is 2.40. The SMILES string of the molecule is Cc1cccc(N(C)C(C)(C)C)c1. The van der Waals surface area contributed by atoms with Crippen molar-refractivity contribution in [3.05, 3.63) is 29.8 Å². The zero-order valence-electron chi connectivity index (χ0n) is 9.26. The van der Waals surface area contributed by atoms with E-state index in [1.807, 2.05) is 0 Å². The smallest absolute Gasteiger partial charge is 0.0370 e. The Bertz CT molecular complexity index is 283. The highest BCUT2D eigenvalue weighted by Crippen LogP contribution is 2.22. The second-order valence-corrected chi connectivity index (χ2v) is 4.57. The summed E-state index contributed by atoms with van der Waals surface area (Å²) in [5.41, 5.74) is 2.79. The standard InChI is InChI=1S/C12H19N/c1-10-7-6-8-11(9-10)13(5)12(2,3)4/h6-9H,1-5H3. The molecule has 0 aliphatic rings. The van der Waals surface area contributed by atoms with E-state index >= 15 is 0 Å². The number of hydrogen-bond acceptors (Lipinski definition) is 1. The Hall–Kier alpha value is -0.980. The Morgan fingerprint density at radius 2 is 1.77 bits per heavy atom. The lowest BCUT2D eigenvalue weighted by atomic mass is 10.1. The molecular weight excluding hydrogens is 158 g/mol. The number of benzene rings is 1. The van der Waals surface area contributed by atoms with Gasteiger partial charge in [0.1, 0.15) is 0 Å². The van der Waals surface area contributed by atoms with E-state index in [0.717, 1.165) is 0 Å². The molecule has 0 saturated heterocycles. The minimum Gasteiger partial charge on any atom is -0.370 e. The Labute approximate surface area is 81.4 Å². The molecule has 0 fully saturated rings. The molecule has 0 aliphatic heterocycles. The first-order valence-electron chi connectivity index (χ1n) is 4.72. The number of nitrogens with zero attached hydrogens (tertiary/aromatic N) is 1. The molecule has 72 valence electrons. The highest BCUT2D eigenvalue weighted by molar-refractivity contribution is 5.49. The Kier molecular flexibility index (Phi) is 2.65. The molecule has 0 bridgehead atoms. The maximum atomic E-state index is 2.29. The maximum absolute atomic E-state index is 2.29. The van der Waals surface area contributed by atoms with Crippen molar-refractivity contribution in [1.82, 2.24) is 0 Å². The Morgan fingerprint density at radius 1 is 1.15 bits per heavy atom. The first-order chi connectivity index (χ1) is 5.91. The molecule has 1 heteroatoms. The van der Waals surface area contributed by atoms with Crippen LogP contribution in [0.4, 0.5) is 5.69 Å². The van der Waals surface area contributed by atoms with E-state index in [1.54, 1.807) is 0 Å². The second-order valence-electron chi connectivity index (χ2n) is 4.57. The molecule has 0 aromatic heterocycles. The molecule has 0 N–H and O–H groups in total. The van der Waals surface area contributed by atoms with Crippen LogP contribution in [0.25, 0.3) is 0 Å². The summed E-state index contributed by atoms with van der Waals surface area (Å²) in [7, 11) is 2.13. The van der Waals surface area contributed by atoms with Crippen molar-refractivity contribution in [2.45, 2.75) is 33.2 Å². The van der Waals surface area contributed by atoms with E-state index in [2.05, 4.69) is 63.9 Å². The van der Waals surface area contributed by atoms with E-state index in [0.29, 0.717) is 0 Å². The first-order valence-corrected chi connectivity index (χ1v) is 4.72. The molecular formula is C12H19N. The van der Waals surface area contributed by atoms with Crippen molar-refractivity contribution < 1.29 is 0 Å². The summed E-state index contributed by atoms with van der Waals surface area (Å²) in [5.74, 6) is 0. The quantitative estimate of drug-likeness (QED) is 0.636. The van der Waals surface area contributed by atoms with Gasteiger partial charge < -0.3 is 4.90 Å². The van der Waals surface area contributed by atoms with Gasteiger partial charge in [0.2, 0.25) is 0 Å².